The first kappa shape index (κ1) is 16.7. The molecule has 0 aliphatic rings. The maximum Gasteiger partial charge on any atom is 0.253 e. The third-order valence-corrected chi connectivity index (χ3v) is 5.51. The van der Waals surface area contributed by atoms with E-state index in [1.54, 1.807) is 6.07 Å². The number of nitrogens with one attached hydrogen (secondary N) is 1. The summed E-state index contributed by atoms with van der Waals surface area (Å²) in [5, 5.41) is 3.73. The molecule has 1 amide bonds. The third-order valence-electron chi connectivity index (χ3n) is 3.24. The van der Waals surface area contributed by atoms with Crippen LogP contribution >= 0.6 is 47.8 Å². The number of halogens is 3. The number of hydrogen-bond donors (Lipinski definition) is 1. The maximum absolute atomic E-state index is 12.5. The summed E-state index contributed by atoms with van der Waals surface area (Å²) >= 11 is 10.3. The lowest BCUT2D eigenvalue weighted by molar-refractivity contribution is 0.0913. The smallest absolute Gasteiger partial charge is 0.253 e. The molecule has 1 unspecified atom stereocenters. The van der Waals surface area contributed by atoms with Crippen molar-refractivity contribution in [1.82, 2.24) is 5.32 Å². The molecular formula is C16H14Br3NO. The molecule has 0 saturated heterocycles. The van der Waals surface area contributed by atoms with E-state index in [2.05, 4.69) is 53.1 Å². The standard InChI is InChI=1S/C16H14Br3NO/c1-16(10-17,11-5-3-2-4-6-11)20-15(21)13-8-7-12(18)9-14(13)19/h2-9H,10H2,1H3,(H,20,21). The zero-order chi connectivity index (χ0) is 15.5. The van der Waals surface area contributed by atoms with Crippen LogP contribution in [0.15, 0.2) is 57.5 Å². The van der Waals surface area contributed by atoms with E-state index in [1.165, 1.54) is 0 Å². The Morgan fingerprint density at radius 1 is 1.14 bits per heavy atom. The lowest BCUT2D eigenvalue weighted by Gasteiger charge is -2.29. The fraction of sp³-hybridized carbons (Fsp3) is 0.188. The highest BCUT2D eigenvalue weighted by atomic mass is 79.9. The van der Waals surface area contributed by atoms with E-state index in [1.807, 2.05) is 49.4 Å². The van der Waals surface area contributed by atoms with Gasteiger partial charge in [-0.15, -0.1) is 0 Å². The number of hydrogen-bond acceptors (Lipinski definition) is 1. The quantitative estimate of drug-likeness (QED) is 0.601. The molecule has 21 heavy (non-hydrogen) atoms. The van der Waals surface area contributed by atoms with Gasteiger partial charge in [0.1, 0.15) is 0 Å². The lowest BCUT2D eigenvalue weighted by Crippen LogP contribution is -2.45. The molecule has 1 atom stereocenters. The second-order valence-corrected chi connectivity index (χ2v) is 7.24. The Morgan fingerprint density at radius 2 is 1.81 bits per heavy atom. The average Bonchev–Trinajstić information content (AvgIpc) is 2.47. The molecule has 0 aromatic heterocycles. The Kier molecular flexibility index (Phi) is 5.63. The Bertz CT molecular complexity index is 645. The summed E-state index contributed by atoms with van der Waals surface area (Å²) in [6, 6.07) is 15.4. The predicted octanol–water partition coefficient (Wildman–Crippen LogP) is 5.25. The number of benzene rings is 2. The summed E-state index contributed by atoms with van der Waals surface area (Å²) in [5.74, 6) is -0.111. The molecular weight excluding hydrogens is 462 g/mol. The van der Waals surface area contributed by atoms with Gasteiger partial charge in [-0.1, -0.05) is 62.2 Å². The largest absolute Gasteiger partial charge is 0.342 e. The van der Waals surface area contributed by atoms with Crippen molar-refractivity contribution < 1.29 is 4.79 Å². The minimum atomic E-state index is -0.467. The average molecular weight is 476 g/mol. The van der Waals surface area contributed by atoms with Crippen molar-refractivity contribution in [3.8, 4) is 0 Å². The fourth-order valence-electron chi connectivity index (χ4n) is 1.98. The molecule has 0 bridgehead atoms. The topological polar surface area (TPSA) is 29.1 Å². The molecule has 0 heterocycles. The normalized spacial score (nSPS) is 13.5. The highest BCUT2D eigenvalue weighted by Crippen LogP contribution is 2.26. The molecule has 0 fully saturated rings. The van der Waals surface area contributed by atoms with Gasteiger partial charge in [0, 0.05) is 14.3 Å². The van der Waals surface area contributed by atoms with Crippen LogP contribution < -0.4 is 5.32 Å². The van der Waals surface area contributed by atoms with E-state index in [4.69, 9.17) is 0 Å². The van der Waals surface area contributed by atoms with E-state index in [-0.39, 0.29) is 5.91 Å². The summed E-state index contributed by atoms with van der Waals surface area (Å²) in [4.78, 5) is 12.5. The Balaban J connectivity index is 2.28. The van der Waals surface area contributed by atoms with E-state index in [9.17, 15) is 4.79 Å². The highest BCUT2D eigenvalue weighted by Gasteiger charge is 2.28. The molecule has 0 spiro atoms. The Labute approximate surface area is 149 Å². The van der Waals surface area contributed by atoms with Gasteiger partial charge in [0.15, 0.2) is 0 Å². The Morgan fingerprint density at radius 3 is 2.38 bits per heavy atom. The van der Waals surface area contributed by atoms with Crippen molar-refractivity contribution in [3.05, 3.63) is 68.6 Å². The molecule has 2 nitrogen and oxygen atoms in total. The molecule has 2 aromatic rings. The minimum absolute atomic E-state index is 0.111. The van der Waals surface area contributed by atoms with Crippen LogP contribution in [0.1, 0.15) is 22.8 Å². The number of alkyl halides is 1. The van der Waals surface area contributed by atoms with Gasteiger partial charge in [0.2, 0.25) is 0 Å². The third kappa shape index (κ3) is 3.96. The zero-order valence-electron chi connectivity index (χ0n) is 11.4. The predicted molar refractivity (Wildman–Crippen MR) is 96.9 cm³/mol. The summed E-state index contributed by atoms with van der Waals surface area (Å²) in [5.41, 5.74) is 1.20. The van der Waals surface area contributed by atoms with Crippen molar-refractivity contribution in [3.63, 3.8) is 0 Å². The molecule has 2 rings (SSSR count). The van der Waals surface area contributed by atoms with Gasteiger partial charge in [-0.3, -0.25) is 4.79 Å². The van der Waals surface area contributed by atoms with Crippen molar-refractivity contribution >= 4 is 53.7 Å². The first-order chi connectivity index (χ1) is 9.96. The first-order valence-corrected chi connectivity index (χ1v) is 9.06. The van der Waals surface area contributed by atoms with Gasteiger partial charge < -0.3 is 5.32 Å². The summed E-state index contributed by atoms with van der Waals surface area (Å²) in [7, 11) is 0. The van der Waals surface area contributed by atoms with Gasteiger partial charge in [0.05, 0.1) is 11.1 Å². The molecule has 0 saturated carbocycles. The number of amides is 1. The van der Waals surface area contributed by atoms with Gasteiger partial charge >= 0.3 is 0 Å². The van der Waals surface area contributed by atoms with Crippen molar-refractivity contribution in [2.24, 2.45) is 0 Å². The number of carbonyl (C=O) groups excluding carboxylic acids is 1. The van der Waals surface area contributed by atoms with Crippen LogP contribution in [-0.4, -0.2) is 11.2 Å². The SMILES string of the molecule is CC(CBr)(NC(=O)c1ccc(Br)cc1Br)c1ccccc1. The van der Waals surface area contributed by atoms with Gasteiger partial charge in [-0.2, -0.15) is 0 Å². The monoisotopic (exact) mass is 473 g/mol. The summed E-state index contributed by atoms with van der Waals surface area (Å²) in [6.07, 6.45) is 0. The van der Waals surface area contributed by atoms with Crippen LogP contribution in [0.2, 0.25) is 0 Å². The minimum Gasteiger partial charge on any atom is -0.342 e. The van der Waals surface area contributed by atoms with Gasteiger partial charge in [0.25, 0.3) is 5.91 Å². The van der Waals surface area contributed by atoms with Crippen molar-refractivity contribution in [1.29, 1.82) is 0 Å². The molecule has 110 valence electrons. The van der Waals surface area contributed by atoms with E-state index < -0.39 is 5.54 Å². The summed E-state index contributed by atoms with van der Waals surface area (Å²) < 4.78 is 1.69. The van der Waals surface area contributed by atoms with Crippen LogP contribution in [0.4, 0.5) is 0 Å². The van der Waals surface area contributed by atoms with E-state index in [0.29, 0.717) is 10.9 Å². The molecule has 0 aliphatic heterocycles. The number of rotatable bonds is 4. The van der Waals surface area contributed by atoms with Crippen LogP contribution in [0, 0.1) is 0 Å². The molecule has 0 radical (unpaired) electrons. The molecule has 1 N–H and O–H groups in total. The zero-order valence-corrected chi connectivity index (χ0v) is 16.1. The van der Waals surface area contributed by atoms with Gasteiger partial charge in [-0.05, 0) is 46.6 Å². The maximum atomic E-state index is 12.5. The lowest BCUT2D eigenvalue weighted by atomic mass is 9.94. The van der Waals surface area contributed by atoms with Crippen LogP contribution in [-0.2, 0) is 5.54 Å². The van der Waals surface area contributed by atoms with E-state index >= 15 is 0 Å². The van der Waals surface area contributed by atoms with Crippen molar-refractivity contribution in [2.75, 3.05) is 5.33 Å². The molecule has 2 aromatic carbocycles. The van der Waals surface area contributed by atoms with Crippen molar-refractivity contribution in [2.45, 2.75) is 12.5 Å². The van der Waals surface area contributed by atoms with Gasteiger partial charge in [-0.25, -0.2) is 0 Å². The fourth-order valence-corrected chi connectivity index (χ4v) is 3.67. The molecule has 0 aliphatic carbocycles. The van der Waals surface area contributed by atoms with Crippen LogP contribution in [0.25, 0.3) is 0 Å². The second kappa shape index (κ2) is 7.07. The number of carbonyl (C=O) groups is 1. The second-order valence-electron chi connectivity index (χ2n) is 4.91. The first-order valence-electron chi connectivity index (χ1n) is 6.35. The molecule has 5 heteroatoms. The highest BCUT2D eigenvalue weighted by molar-refractivity contribution is 9.11. The Hall–Kier alpha value is -0.650. The van der Waals surface area contributed by atoms with Crippen LogP contribution in [0.3, 0.4) is 0 Å². The summed E-state index contributed by atoms with van der Waals surface area (Å²) in [6.45, 7) is 2.00. The van der Waals surface area contributed by atoms with Crippen LogP contribution in [0.5, 0.6) is 0 Å². The van der Waals surface area contributed by atoms with E-state index in [0.717, 1.165) is 14.5 Å².